The largest absolute Gasteiger partial charge is 0.454 e. The predicted octanol–water partition coefficient (Wildman–Crippen LogP) is 1.70. The smallest absolute Gasteiger partial charge is 0.329 e. The Kier molecular flexibility index (Phi) is 7.16. The standard InChI is InChI=1S/C16H22FN3O4/c1-4-9(2)14(20-16(18)23)15(22)24-8-13(21)19-12-7-11(17)6-5-10(12)3/h5-7,9,14H,4,8H2,1-3H3,(H,19,21)(H3,18,20,23)/t9-,14-/m0/s1. The number of aryl methyl sites for hydroxylation is 1. The number of carbonyl (C=O) groups is 3. The summed E-state index contributed by atoms with van der Waals surface area (Å²) in [7, 11) is 0. The molecule has 0 fully saturated rings. The second-order valence-corrected chi connectivity index (χ2v) is 5.49. The molecular formula is C16H22FN3O4. The number of rotatable bonds is 7. The lowest BCUT2D eigenvalue weighted by atomic mass is 9.99. The van der Waals surface area contributed by atoms with E-state index >= 15 is 0 Å². The van der Waals surface area contributed by atoms with Crippen LogP contribution in [0.25, 0.3) is 0 Å². The van der Waals surface area contributed by atoms with Crippen molar-refractivity contribution in [2.45, 2.75) is 33.2 Å². The van der Waals surface area contributed by atoms with E-state index in [2.05, 4.69) is 10.6 Å². The van der Waals surface area contributed by atoms with Crippen LogP contribution in [-0.4, -0.2) is 30.6 Å². The Balaban J connectivity index is 2.62. The summed E-state index contributed by atoms with van der Waals surface area (Å²) in [5.41, 5.74) is 6.01. The van der Waals surface area contributed by atoms with Gasteiger partial charge in [-0.05, 0) is 30.5 Å². The van der Waals surface area contributed by atoms with Gasteiger partial charge >= 0.3 is 12.0 Å². The van der Waals surface area contributed by atoms with E-state index in [9.17, 15) is 18.8 Å². The SMILES string of the molecule is CC[C@H](C)[C@H](NC(N)=O)C(=O)OCC(=O)Nc1cc(F)ccc1C. The van der Waals surface area contributed by atoms with Crippen molar-refractivity contribution < 1.29 is 23.5 Å². The number of amides is 3. The normalized spacial score (nSPS) is 12.8. The molecule has 1 aromatic rings. The average molecular weight is 339 g/mol. The summed E-state index contributed by atoms with van der Waals surface area (Å²) in [5, 5.41) is 4.76. The molecule has 7 nitrogen and oxygen atoms in total. The third-order valence-electron chi connectivity index (χ3n) is 3.58. The molecule has 0 unspecified atom stereocenters. The van der Waals surface area contributed by atoms with Gasteiger partial charge in [-0.15, -0.1) is 0 Å². The number of nitrogens with two attached hydrogens (primary N) is 1. The van der Waals surface area contributed by atoms with Gasteiger partial charge < -0.3 is 21.1 Å². The van der Waals surface area contributed by atoms with Crippen molar-refractivity contribution in [3.05, 3.63) is 29.6 Å². The molecule has 0 aliphatic carbocycles. The van der Waals surface area contributed by atoms with Crippen LogP contribution in [0.4, 0.5) is 14.9 Å². The van der Waals surface area contributed by atoms with E-state index in [1.165, 1.54) is 18.2 Å². The van der Waals surface area contributed by atoms with Gasteiger partial charge in [-0.3, -0.25) is 4.79 Å². The van der Waals surface area contributed by atoms with E-state index in [0.717, 1.165) is 0 Å². The van der Waals surface area contributed by atoms with Gasteiger partial charge in [0.1, 0.15) is 11.9 Å². The summed E-state index contributed by atoms with van der Waals surface area (Å²) in [6.07, 6.45) is 0.606. The van der Waals surface area contributed by atoms with Crippen molar-refractivity contribution >= 4 is 23.6 Å². The van der Waals surface area contributed by atoms with Gasteiger partial charge in [0.2, 0.25) is 0 Å². The van der Waals surface area contributed by atoms with Gasteiger partial charge in [0.25, 0.3) is 5.91 Å². The quantitative estimate of drug-likeness (QED) is 0.657. The van der Waals surface area contributed by atoms with Gasteiger partial charge in [0, 0.05) is 5.69 Å². The molecule has 8 heteroatoms. The van der Waals surface area contributed by atoms with Crippen LogP contribution in [0.5, 0.6) is 0 Å². The summed E-state index contributed by atoms with van der Waals surface area (Å²) in [6, 6.07) is 2.18. The Hall–Kier alpha value is -2.64. The van der Waals surface area contributed by atoms with E-state index in [0.29, 0.717) is 17.7 Å². The molecule has 24 heavy (non-hydrogen) atoms. The molecule has 0 bridgehead atoms. The van der Waals surface area contributed by atoms with Crippen LogP contribution in [-0.2, 0) is 14.3 Å². The van der Waals surface area contributed by atoms with E-state index in [1.54, 1.807) is 13.8 Å². The fraction of sp³-hybridized carbons (Fsp3) is 0.438. The molecule has 0 saturated heterocycles. The summed E-state index contributed by atoms with van der Waals surface area (Å²) >= 11 is 0. The lowest BCUT2D eigenvalue weighted by Crippen LogP contribution is -2.48. The Morgan fingerprint density at radius 3 is 2.58 bits per heavy atom. The second kappa shape index (κ2) is 8.85. The van der Waals surface area contributed by atoms with Crippen molar-refractivity contribution in [2.24, 2.45) is 11.7 Å². The maximum Gasteiger partial charge on any atom is 0.329 e. The summed E-state index contributed by atoms with van der Waals surface area (Å²) < 4.78 is 18.1. The lowest BCUT2D eigenvalue weighted by Gasteiger charge is -2.21. The van der Waals surface area contributed by atoms with Crippen LogP contribution in [0.2, 0.25) is 0 Å². The van der Waals surface area contributed by atoms with Crippen LogP contribution in [0.3, 0.4) is 0 Å². The molecule has 4 N–H and O–H groups in total. The zero-order valence-corrected chi connectivity index (χ0v) is 13.9. The highest BCUT2D eigenvalue weighted by Gasteiger charge is 2.27. The van der Waals surface area contributed by atoms with Gasteiger partial charge in [0.15, 0.2) is 6.61 Å². The highest BCUT2D eigenvalue weighted by molar-refractivity contribution is 5.94. The molecule has 132 valence electrons. The molecule has 0 aromatic heterocycles. The molecular weight excluding hydrogens is 317 g/mol. The number of hydrogen-bond donors (Lipinski definition) is 3. The lowest BCUT2D eigenvalue weighted by molar-refractivity contribution is -0.150. The minimum Gasteiger partial charge on any atom is -0.454 e. The van der Waals surface area contributed by atoms with E-state index in [-0.39, 0.29) is 5.92 Å². The van der Waals surface area contributed by atoms with Crippen molar-refractivity contribution in [2.75, 3.05) is 11.9 Å². The van der Waals surface area contributed by atoms with E-state index in [4.69, 9.17) is 10.5 Å². The number of nitrogens with one attached hydrogen (secondary N) is 2. The first-order valence-electron chi connectivity index (χ1n) is 7.53. The fourth-order valence-corrected chi connectivity index (χ4v) is 1.96. The Labute approximate surface area is 139 Å². The molecule has 0 spiro atoms. The topological polar surface area (TPSA) is 111 Å². The number of primary amides is 1. The van der Waals surface area contributed by atoms with Crippen LogP contribution < -0.4 is 16.4 Å². The highest BCUT2D eigenvalue weighted by atomic mass is 19.1. The van der Waals surface area contributed by atoms with Crippen molar-refractivity contribution in [3.63, 3.8) is 0 Å². The Morgan fingerprint density at radius 1 is 1.33 bits per heavy atom. The average Bonchev–Trinajstić information content (AvgIpc) is 2.52. The summed E-state index contributed by atoms with van der Waals surface area (Å²) in [4.78, 5) is 34.8. The number of carbonyl (C=O) groups excluding carboxylic acids is 3. The molecule has 0 heterocycles. The highest BCUT2D eigenvalue weighted by Crippen LogP contribution is 2.16. The second-order valence-electron chi connectivity index (χ2n) is 5.49. The number of esters is 1. The number of benzene rings is 1. The molecule has 0 radical (unpaired) electrons. The third kappa shape index (κ3) is 5.86. The molecule has 3 amide bonds. The third-order valence-corrected chi connectivity index (χ3v) is 3.58. The first kappa shape index (κ1) is 19.4. The monoisotopic (exact) mass is 339 g/mol. The molecule has 1 rings (SSSR count). The van der Waals surface area contributed by atoms with E-state index in [1.807, 2.05) is 6.92 Å². The van der Waals surface area contributed by atoms with Crippen molar-refractivity contribution in [1.29, 1.82) is 0 Å². The van der Waals surface area contributed by atoms with Crippen molar-refractivity contribution in [1.82, 2.24) is 5.32 Å². The maximum atomic E-state index is 13.2. The van der Waals surface area contributed by atoms with Crippen molar-refractivity contribution in [3.8, 4) is 0 Å². The first-order valence-corrected chi connectivity index (χ1v) is 7.53. The van der Waals surface area contributed by atoms with Gasteiger partial charge in [-0.25, -0.2) is 14.0 Å². The number of hydrogen-bond acceptors (Lipinski definition) is 4. The summed E-state index contributed by atoms with van der Waals surface area (Å²) in [5.74, 6) is -2.07. The van der Waals surface area contributed by atoms with Crippen LogP contribution in [0.1, 0.15) is 25.8 Å². The first-order chi connectivity index (χ1) is 11.2. The van der Waals surface area contributed by atoms with E-state index < -0.39 is 36.4 Å². The number of ether oxygens (including phenoxy) is 1. The zero-order valence-electron chi connectivity index (χ0n) is 13.9. The Morgan fingerprint density at radius 2 is 2.00 bits per heavy atom. The summed E-state index contributed by atoms with van der Waals surface area (Å²) in [6.45, 7) is 4.74. The molecule has 0 aliphatic heterocycles. The number of anilines is 1. The number of halogens is 1. The van der Waals surface area contributed by atoms with Crippen LogP contribution in [0.15, 0.2) is 18.2 Å². The minimum atomic E-state index is -0.934. The van der Waals surface area contributed by atoms with Gasteiger partial charge in [-0.1, -0.05) is 26.3 Å². The van der Waals surface area contributed by atoms with Gasteiger partial charge in [0.05, 0.1) is 0 Å². The molecule has 2 atom stereocenters. The number of urea groups is 1. The van der Waals surface area contributed by atoms with Gasteiger partial charge in [-0.2, -0.15) is 0 Å². The Bertz CT molecular complexity index is 621. The predicted molar refractivity (Wildman–Crippen MR) is 86.7 cm³/mol. The molecule has 1 aromatic carbocycles. The zero-order chi connectivity index (χ0) is 18.3. The minimum absolute atomic E-state index is 0.210. The maximum absolute atomic E-state index is 13.2. The van der Waals surface area contributed by atoms with Crippen LogP contribution in [0, 0.1) is 18.7 Å². The molecule has 0 aliphatic rings. The van der Waals surface area contributed by atoms with Crippen LogP contribution >= 0.6 is 0 Å². The fourth-order valence-electron chi connectivity index (χ4n) is 1.96. The molecule has 0 saturated carbocycles.